The Hall–Kier alpha value is -10.5. The maximum atomic E-state index is 14.8. The topological polar surface area (TPSA) is 639 Å². The number of aliphatic hydroxyl groups is 1. The van der Waals surface area contributed by atoms with Gasteiger partial charge in [-0.3, -0.25) is 91.5 Å². The molecule has 7 heterocycles. The van der Waals surface area contributed by atoms with Crippen molar-refractivity contribution >= 4 is 112 Å². The molecule has 7 aliphatic rings. The number of rotatable bonds is 38. The molecule has 7 rings (SSSR count). The molecular formula is C69H111N23O19. The van der Waals surface area contributed by atoms with Crippen molar-refractivity contribution in [2.24, 2.45) is 50.3 Å². The number of nitrogens with one attached hydrogen (secondary N) is 9. The summed E-state index contributed by atoms with van der Waals surface area (Å²) in [6.07, 6.45) is 3.18. The Bertz CT molecular complexity index is 3510. The van der Waals surface area contributed by atoms with Crippen LogP contribution in [0.3, 0.4) is 0 Å². The minimum Gasteiger partial charge on any atom is -0.480 e. The highest BCUT2D eigenvalue weighted by Gasteiger charge is 2.48. The van der Waals surface area contributed by atoms with Gasteiger partial charge in [0.15, 0.2) is 11.9 Å². The molecule has 16 amide bonds. The van der Waals surface area contributed by atoms with Gasteiger partial charge in [-0.05, 0) is 141 Å². The average molecular weight is 1570 g/mol. The van der Waals surface area contributed by atoms with E-state index in [1.807, 2.05) is 0 Å². The Morgan fingerprint density at radius 1 is 0.423 bits per heavy atom. The Morgan fingerprint density at radius 3 is 1.31 bits per heavy atom. The van der Waals surface area contributed by atoms with Crippen LogP contribution >= 0.6 is 0 Å². The highest BCUT2D eigenvalue weighted by molar-refractivity contribution is 6.02. The van der Waals surface area contributed by atoms with Gasteiger partial charge in [-0.2, -0.15) is 0 Å². The molecule has 0 aliphatic carbocycles. The summed E-state index contributed by atoms with van der Waals surface area (Å²) in [4.78, 5) is 250. The average Bonchev–Trinajstić information content (AvgIpc) is 1.69. The first-order valence-electron chi connectivity index (χ1n) is 38.2. The van der Waals surface area contributed by atoms with E-state index in [4.69, 9.17) is 39.5 Å². The second-order valence-corrected chi connectivity index (χ2v) is 29.4. The minimum absolute atomic E-state index is 0.00616. The maximum absolute atomic E-state index is 14.8. The van der Waals surface area contributed by atoms with Crippen LogP contribution in [0, 0.1) is 5.92 Å². The summed E-state index contributed by atoms with van der Waals surface area (Å²) in [6, 6.07) is -17.6. The summed E-state index contributed by atoms with van der Waals surface area (Å²) in [6.45, 7) is 4.25. The summed E-state index contributed by atoms with van der Waals surface area (Å²) in [5.41, 5.74) is 33.3. The Balaban J connectivity index is 0.990. The molecule has 0 radical (unpaired) electrons. The van der Waals surface area contributed by atoms with Crippen molar-refractivity contribution in [3.8, 4) is 0 Å². The predicted octanol–water partition coefficient (Wildman–Crippen LogP) is -8.80. The molecule has 42 nitrogen and oxygen atoms in total. The number of carboxylic acids is 1. The molecule has 14 atom stereocenters. The van der Waals surface area contributed by atoms with Gasteiger partial charge in [-0.25, -0.2) is 0 Å². The predicted molar refractivity (Wildman–Crippen MR) is 393 cm³/mol. The fraction of sp³-hybridized carbons (Fsp3) is 0.725. The summed E-state index contributed by atoms with van der Waals surface area (Å²) >= 11 is 0. The first-order chi connectivity index (χ1) is 52.7. The number of carbonyl (C=O) groups is 17. The lowest BCUT2D eigenvalue weighted by molar-refractivity contribution is -0.148. The fourth-order valence-corrected chi connectivity index (χ4v) is 15.4. The van der Waals surface area contributed by atoms with E-state index in [0.717, 1.165) is 11.3 Å². The Morgan fingerprint density at radius 2 is 0.829 bits per heavy atom. The number of carbonyl (C=O) groups excluding carboxylic acids is 16. The van der Waals surface area contributed by atoms with Gasteiger partial charge in [-0.1, -0.05) is 13.8 Å². The zero-order valence-corrected chi connectivity index (χ0v) is 63.2. The molecule has 0 spiro atoms. The molecule has 7 saturated heterocycles. The molecule has 616 valence electrons. The van der Waals surface area contributed by atoms with Crippen LogP contribution in [-0.2, 0) is 81.5 Å². The van der Waals surface area contributed by atoms with E-state index in [9.17, 15) is 86.6 Å². The first-order valence-corrected chi connectivity index (χ1v) is 38.2. The molecule has 0 unspecified atom stereocenters. The number of amides is 16. The van der Waals surface area contributed by atoms with E-state index in [1.165, 1.54) is 26.5 Å². The second-order valence-electron chi connectivity index (χ2n) is 29.4. The molecular weight excluding hydrogens is 1450 g/mol. The maximum Gasteiger partial charge on any atom is 0.322 e. The number of guanidine groups is 2. The third-order valence-corrected chi connectivity index (χ3v) is 21.0. The summed E-state index contributed by atoms with van der Waals surface area (Å²) in [5, 5.41) is 43.2. The lowest BCUT2D eigenvalue weighted by Gasteiger charge is -2.33. The molecule has 0 aromatic rings. The van der Waals surface area contributed by atoms with Crippen molar-refractivity contribution in [3.05, 3.63) is 0 Å². The molecule has 0 aromatic heterocycles. The number of hydrogen-bond donors (Lipinski definition) is 17. The first kappa shape index (κ1) is 87.7. The normalized spacial score (nSPS) is 22.7. The van der Waals surface area contributed by atoms with Crippen molar-refractivity contribution in [1.29, 1.82) is 0 Å². The van der Waals surface area contributed by atoms with Gasteiger partial charge in [0.05, 0.1) is 19.1 Å². The van der Waals surface area contributed by atoms with Crippen molar-refractivity contribution < 1.29 is 91.7 Å². The molecule has 23 N–H and O–H groups in total. The van der Waals surface area contributed by atoms with Crippen LogP contribution in [0.1, 0.15) is 156 Å². The van der Waals surface area contributed by atoms with Crippen molar-refractivity contribution in [1.82, 2.24) is 77.3 Å². The number of aliphatic imine (C=N–C) groups is 2. The molecule has 111 heavy (non-hydrogen) atoms. The van der Waals surface area contributed by atoms with Gasteiger partial charge in [0.1, 0.15) is 85.1 Å². The standard InChI is InChI=1S/C69H111N23O19/c1-36(2)53(86-55(99)39(22-23-50(70)94)82-59(103)46-18-9-29-89(46)66(110)49-21-12-32-92(49)63(107)40-14-5-24-76-40)67(111)90-30-10-19-47(90)61(105)85-43(35-93)57(101)83-41(15-6-26-78-69(74)75)64(108)87-27-8-17-45(87)60(104)84-42(33-51(71)95)56(100)81-38(13-4-25-77-68(72)73)54(98)80-37(3)62(106)91-31-11-20-48(91)65(109)88-28-7-16-44(88)58(102)79-34-52(96)97/h36-49,53,76,93H,4-35H2,1-3H3,(H2,70,94)(H2,71,95)(H,79,102)(H,80,98)(H,81,100)(H,82,103)(H,83,101)(H,84,104)(H,85,105)(H,86,99)(H,96,97)(H4,72,73,77)(H4,74,75,78)/t37-,38-,39-,40-,41-,42-,43-,44-,45-,46-,47-,48-,49-,53-/m0/s1. The van der Waals surface area contributed by atoms with Crippen LogP contribution in [0.4, 0.5) is 0 Å². The van der Waals surface area contributed by atoms with E-state index in [1.54, 1.807) is 18.7 Å². The second kappa shape index (κ2) is 41.5. The van der Waals surface area contributed by atoms with Gasteiger partial charge < -0.3 is 122 Å². The van der Waals surface area contributed by atoms with E-state index in [2.05, 4.69) is 57.8 Å². The SMILES string of the molecule is CC(C)[C@H](NC(=O)[C@H](CCC(N)=O)NC(=O)[C@@H]1CCCN1C(=O)[C@@H]1CCCN1C(=O)[C@@H]1CCCN1)C(=O)N1CCC[C@H]1C(=O)N[C@@H](CO)C(=O)N[C@@H](CCCN=C(N)N)C(=O)N1CCC[C@H]1C(=O)N[C@@H](CC(N)=O)C(=O)N[C@@H](CCCN=C(N)N)C(=O)N[C@@H](C)C(=O)N1CCC[C@H]1C(=O)N1CCC[C@H]1C(=O)NCC(=O)O. The molecule has 42 heteroatoms. The summed E-state index contributed by atoms with van der Waals surface area (Å²) < 4.78 is 0. The quantitative estimate of drug-likeness (QED) is 0.0155. The highest BCUT2D eigenvalue weighted by atomic mass is 16.4. The smallest absolute Gasteiger partial charge is 0.322 e. The van der Waals surface area contributed by atoms with Gasteiger partial charge in [0.2, 0.25) is 94.5 Å². The van der Waals surface area contributed by atoms with Crippen LogP contribution in [0.2, 0.25) is 0 Å². The molecule has 0 bridgehead atoms. The lowest BCUT2D eigenvalue weighted by Crippen LogP contribution is -2.61. The van der Waals surface area contributed by atoms with Gasteiger partial charge in [0.25, 0.3) is 0 Å². The number of likely N-dealkylation sites (tertiary alicyclic amines) is 6. The third kappa shape index (κ3) is 24.0. The number of nitrogens with two attached hydrogens (primary N) is 6. The fourth-order valence-electron chi connectivity index (χ4n) is 15.4. The summed E-state index contributed by atoms with van der Waals surface area (Å²) in [7, 11) is 0. The highest BCUT2D eigenvalue weighted by Crippen LogP contribution is 2.30. The monoisotopic (exact) mass is 1570 g/mol. The van der Waals surface area contributed by atoms with Crippen molar-refractivity contribution in [2.75, 3.05) is 72.1 Å². The van der Waals surface area contributed by atoms with E-state index in [0.29, 0.717) is 51.6 Å². The number of aliphatic carboxylic acids is 1. The van der Waals surface area contributed by atoms with E-state index < -0.39 is 205 Å². The van der Waals surface area contributed by atoms with E-state index >= 15 is 0 Å². The van der Waals surface area contributed by atoms with Crippen LogP contribution in [-0.4, -0.2) is 309 Å². The summed E-state index contributed by atoms with van der Waals surface area (Å²) in [5.74, 6) is -15.0. The zero-order valence-electron chi connectivity index (χ0n) is 63.2. The Labute approximate surface area is 641 Å². The van der Waals surface area contributed by atoms with Crippen LogP contribution < -0.4 is 82.3 Å². The largest absolute Gasteiger partial charge is 0.480 e. The lowest BCUT2D eigenvalue weighted by atomic mass is 10.0. The third-order valence-electron chi connectivity index (χ3n) is 21.0. The Kier molecular flexibility index (Phi) is 32.8. The molecule has 0 saturated carbocycles. The van der Waals surface area contributed by atoms with Gasteiger partial charge >= 0.3 is 5.97 Å². The number of hydrogen-bond acceptors (Lipinski definition) is 21. The minimum atomic E-state index is -1.80. The van der Waals surface area contributed by atoms with Crippen LogP contribution in [0.5, 0.6) is 0 Å². The number of primary amides is 2. The number of nitrogens with zero attached hydrogens (tertiary/aromatic N) is 8. The van der Waals surface area contributed by atoms with E-state index in [-0.39, 0.29) is 147 Å². The van der Waals surface area contributed by atoms with Crippen molar-refractivity contribution in [3.63, 3.8) is 0 Å². The number of carboxylic acid groups (broad SMARTS) is 1. The van der Waals surface area contributed by atoms with Crippen LogP contribution in [0.25, 0.3) is 0 Å². The molecule has 7 fully saturated rings. The number of aliphatic hydroxyl groups excluding tert-OH is 1. The van der Waals surface area contributed by atoms with Gasteiger partial charge in [0, 0.05) is 58.8 Å². The van der Waals surface area contributed by atoms with Crippen molar-refractivity contribution in [2.45, 2.75) is 240 Å². The zero-order chi connectivity index (χ0) is 81.5. The molecule has 7 aliphatic heterocycles. The molecule has 0 aromatic carbocycles. The van der Waals surface area contributed by atoms with Gasteiger partial charge in [-0.15, -0.1) is 0 Å². The van der Waals surface area contributed by atoms with Crippen LogP contribution in [0.15, 0.2) is 9.98 Å².